The summed E-state index contributed by atoms with van der Waals surface area (Å²) in [5.74, 6) is -0.466. The monoisotopic (exact) mass is 420 g/mol. The van der Waals surface area contributed by atoms with Crippen molar-refractivity contribution in [2.24, 2.45) is 0 Å². The van der Waals surface area contributed by atoms with Crippen LogP contribution in [-0.4, -0.2) is 30.5 Å². The molecule has 0 saturated carbocycles. The van der Waals surface area contributed by atoms with Gasteiger partial charge >= 0.3 is 5.97 Å². The summed E-state index contributed by atoms with van der Waals surface area (Å²) in [7, 11) is -2.51. The number of carbonyl (C=O) groups excluding carboxylic acids is 1. The number of hydrogen-bond donors (Lipinski definition) is 0. The van der Waals surface area contributed by atoms with Gasteiger partial charge in [-0.2, -0.15) is 0 Å². The fourth-order valence-corrected chi connectivity index (χ4v) is 5.04. The quantitative estimate of drug-likeness (QED) is 0.457. The summed E-state index contributed by atoms with van der Waals surface area (Å²) in [6, 6.07) is 19.0. The molecular weight excluding hydrogens is 400 g/mol. The summed E-state index contributed by atoms with van der Waals surface area (Å²) in [5, 5.41) is 0.827. The molecule has 0 aliphatic heterocycles. The molecule has 7 heteroatoms. The average Bonchev–Trinajstić information content (AvgIpc) is 3.11. The van der Waals surface area contributed by atoms with Crippen molar-refractivity contribution in [3.8, 4) is 0 Å². The Morgan fingerprint density at radius 2 is 1.80 bits per heavy atom. The number of fused-ring (bicyclic) bond motifs is 1. The van der Waals surface area contributed by atoms with Gasteiger partial charge in [-0.1, -0.05) is 29.8 Å². The second-order valence-electron chi connectivity index (χ2n) is 6.98. The van der Waals surface area contributed by atoms with Crippen LogP contribution in [0.4, 0.5) is 0 Å². The number of esters is 1. The van der Waals surface area contributed by atoms with Gasteiger partial charge in [0.2, 0.25) is 0 Å². The Kier molecular flexibility index (Phi) is 5.13. The SMILES string of the molecule is COC(=O)c1ccnc(Cc2cc3cc(C)ccc3n2S(=O)(=O)c2ccccc2)c1. The van der Waals surface area contributed by atoms with E-state index in [-0.39, 0.29) is 11.3 Å². The highest BCUT2D eigenvalue weighted by atomic mass is 32.2. The Hall–Kier alpha value is -3.45. The van der Waals surface area contributed by atoms with Crippen LogP contribution in [0.15, 0.2) is 77.8 Å². The van der Waals surface area contributed by atoms with Crippen molar-refractivity contribution in [1.29, 1.82) is 0 Å². The van der Waals surface area contributed by atoms with E-state index in [4.69, 9.17) is 4.74 Å². The predicted molar refractivity (Wildman–Crippen MR) is 114 cm³/mol. The number of rotatable bonds is 5. The highest BCUT2D eigenvalue weighted by molar-refractivity contribution is 7.90. The molecule has 0 aliphatic carbocycles. The number of aromatic nitrogens is 2. The molecule has 0 fully saturated rings. The molecule has 0 aliphatic rings. The van der Waals surface area contributed by atoms with Crippen molar-refractivity contribution in [3.63, 3.8) is 0 Å². The van der Waals surface area contributed by atoms with Gasteiger partial charge in [0.25, 0.3) is 10.0 Å². The van der Waals surface area contributed by atoms with Gasteiger partial charge in [0.15, 0.2) is 0 Å². The van der Waals surface area contributed by atoms with E-state index < -0.39 is 16.0 Å². The molecule has 0 amide bonds. The van der Waals surface area contributed by atoms with Crippen LogP contribution in [-0.2, 0) is 21.2 Å². The van der Waals surface area contributed by atoms with E-state index in [9.17, 15) is 13.2 Å². The molecule has 4 rings (SSSR count). The normalized spacial score (nSPS) is 11.5. The first-order chi connectivity index (χ1) is 14.4. The van der Waals surface area contributed by atoms with E-state index >= 15 is 0 Å². The first-order valence-corrected chi connectivity index (χ1v) is 10.8. The summed E-state index contributed by atoms with van der Waals surface area (Å²) >= 11 is 0. The molecule has 0 unspecified atom stereocenters. The van der Waals surface area contributed by atoms with Crippen LogP contribution in [0.25, 0.3) is 10.9 Å². The lowest BCUT2D eigenvalue weighted by molar-refractivity contribution is 0.0600. The van der Waals surface area contributed by atoms with Crippen LogP contribution in [0.5, 0.6) is 0 Å². The highest BCUT2D eigenvalue weighted by Crippen LogP contribution is 2.28. The highest BCUT2D eigenvalue weighted by Gasteiger charge is 2.23. The standard InChI is InChI=1S/C23H20N2O4S/c1-16-8-9-22-18(12-16)14-20(15-19-13-17(10-11-24-19)23(26)29-2)25(22)30(27,28)21-6-4-3-5-7-21/h3-14H,15H2,1-2H3. The lowest BCUT2D eigenvalue weighted by atomic mass is 10.1. The molecular formula is C23H20N2O4S. The van der Waals surface area contributed by atoms with Crippen molar-refractivity contribution in [2.45, 2.75) is 18.2 Å². The minimum atomic E-state index is -3.82. The maximum Gasteiger partial charge on any atom is 0.337 e. The number of methoxy groups -OCH3 is 1. The van der Waals surface area contributed by atoms with Crippen LogP contribution in [0.2, 0.25) is 0 Å². The second-order valence-corrected chi connectivity index (χ2v) is 8.77. The molecule has 0 N–H and O–H groups in total. The fourth-order valence-electron chi connectivity index (χ4n) is 3.48. The van der Waals surface area contributed by atoms with Gasteiger partial charge in [-0.3, -0.25) is 4.98 Å². The lowest BCUT2D eigenvalue weighted by Crippen LogP contribution is -2.16. The van der Waals surface area contributed by atoms with Crippen LogP contribution in [0.3, 0.4) is 0 Å². The predicted octanol–water partition coefficient (Wildman–Crippen LogP) is 3.96. The minimum absolute atomic E-state index is 0.209. The number of pyridine rings is 1. The zero-order chi connectivity index (χ0) is 21.3. The topological polar surface area (TPSA) is 78.3 Å². The number of benzene rings is 2. The Morgan fingerprint density at radius 3 is 2.53 bits per heavy atom. The summed E-state index contributed by atoms with van der Waals surface area (Å²) in [5.41, 5.74) is 3.14. The average molecular weight is 420 g/mol. The molecule has 0 radical (unpaired) electrons. The Bertz CT molecular complexity index is 1340. The molecule has 2 aromatic heterocycles. The molecule has 6 nitrogen and oxygen atoms in total. The third-order valence-corrected chi connectivity index (χ3v) is 6.65. The smallest absolute Gasteiger partial charge is 0.337 e. The fraction of sp³-hybridized carbons (Fsp3) is 0.130. The summed E-state index contributed by atoms with van der Waals surface area (Å²) < 4.78 is 33.1. The Labute approximate surface area is 174 Å². The molecule has 0 atom stereocenters. The van der Waals surface area contributed by atoms with E-state index in [1.54, 1.807) is 42.5 Å². The van der Waals surface area contributed by atoms with Crippen LogP contribution in [0.1, 0.15) is 27.3 Å². The van der Waals surface area contributed by atoms with Crippen LogP contribution >= 0.6 is 0 Å². The van der Waals surface area contributed by atoms with Crippen molar-refractivity contribution in [2.75, 3.05) is 7.11 Å². The van der Waals surface area contributed by atoms with Crippen LogP contribution < -0.4 is 0 Å². The largest absolute Gasteiger partial charge is 0.465 e. The third-order valence-electron chi connectivity index (χ3n) is 4.87. The third kappa shape index (κ3) is 3.59. The van der Waals surface area contributed by atoms with Crippen molar-refractivity contribution < 1.29 is 17.9 Å². The number of carbonyl (C=O) groups is 1. The van der Waals surface area contributed by atoms with Gasteiger partial charge in [-0.25, -0.2) is 17.2 Å². The molecule has 0 spiro atoms. The van der Waals surface area contributed by atoms with Crippen molar-refractivity contribution in [3.05, 3.63) is 95.4 Å². The first kappa shape index (κ1) is 19.8. The first-order valence-electron chi connectivity index (χ1n) is 9.35. The zero-order valence-electron chi connectivity index (χ0n) is 16.6. The van der Waals surface area contributed by atoms with E-state index in [0.717, 1.165) is 10.9 Å². The molecule has 2 aromatic carbocycles. The molecule has 30 heavy (non-hydrogen) atoms. The van der Waals surface area contributed by atoms with Gasteiger partial charge in [0.1, 0.15) is 0 Å². The van der Waals surface area contributed by atoms with Crippen molar-refractivity contribution >= 4 is 26.9 Å². The molecule has 0 saturated heterocycles. The zero-order valence-corrected chi connectivity index (χ0v) is 17.4. The lowest BCUT2D eigenvalue weighted by Gasteiger charge is -2.12. The Morgan fingerprint density at radius 1 is 1.03 bits per heavy atom. The van der Waals surface area contributed by atoms with Gasteiger partial charge < -0.3 is 4.74 Å². The minimum Gasteiger partial charge on any atom is -0.465 e. The molecule has 152 valence electrons. The Balaban J connectivity index is 1.89. The van der Waals surface area contributed by atoms with E-state index in [2.05, 4.69) is 4.98 Å². The van der Waals surface area contributed by atoms with Gasteiger partial charge in [0.05, 0.1) is 23.1 Å². The van der Waals surface area contributed by atoms with Gasteiger partial charge in [-0.15, -0.1) is 0 Å². The number of nitrogens with zero attached hydrogens (tertiary/aromatic N) is 2. The second kappa shape index (κ2) is 7.76. The van der Waals surface area contributed by atoms with Gasteiger partial charge in [0, 0.05) is 29.4 Å². The summed E-state index contributed by atoms with van der Waals surface area (Å²) in [6.45, 7) is 1.96. The molecule has 2 heterocycles. The van der Waals surface area contributed by atoms with Crippen LogP contribution in [0, 0.1) is 6.92 Å². The summed E-state index contributed by atoms with van der Waals surface area (Å²) in [6.07, 6.45) is 1.76. The number of ether oxygens (including phenoxy) is 1. The maximum absolute atomic E-state index is 13.5. The summed E-state index contributed by atoms with van der Waals surface area (Å²) in [4.78, 5) is 16.4. The van der Waals surface area contributed by atoms with E-state index in [0.29, 0.717) is 22.5 Å². The van der Waals surface area contributed by atoms with Crippen molar-refractivity contribution in [1.82, 2.24) is 8.96 Å². The van der Waals surface area contributed by atoms with Gasteiger partial charge in [-0.05, 0) is 49.4 Å². The van der Waals surface area contributed by atoms with E-state index in [1.807, 2.05) is 31.2 Å². The number of aryl methyl sites for hydroxylation is 1. The molecule has 0 bridgehead atoms. The number of hydrogen-bond acceptors (Lipinski definition) is 5. The maximum atomic E-state index is 13.5. The van der Waals surface area contributed by atoms with E-state index in [1.165, 1.54) is 17.3 Å². The molecule has 4 aromatic rings.